The summed E-state index contributed by atoms with van der Waals surface area (Å²) in [6, 6.07) is 25.6. The van der Waals surface area contributed by atoms with Gasteiger partial charge in [-0.3, -0.25) is 9.69 Å². The van der Waals surface area contributed by atoms with Crippen LogP contribution >= 0.6 is 0 Å². The zero-order valence-electron chi connectivity index (χ0n) is 18.1. The van der Waals surface area contributed by atoms with Crippen molar-refractivity contribution in [3.8, 4) is 0 Å². The van der Waals surface area contributed by atoms with Crippen molar-refractivity contribution in [1.82, 2.24) is 4.90 Å². The molecular formula is C27H26N2O3. The maximum atomic E-state index is 13.2. The van der Waals surface area contributed by atoms with Crippen molar-refractivity contribution in [1.29, 1.82) is 0 Å². The number of furan rings is 1. The molecule has 1 atom stereocenters. The third-order valence-electron chi connectivity index (χ3n) is 5.95. The van der Waals surface area contributed by atoms with E-state index >= 15 is 0 Å². The molecule has 1 aliphatic rings. The van der Waals surface area contributed by atoms with E-state index in [2.05, 4.69) is 22.3 Å². The summed E-state index contributed by atoms with van der Waals surface area (Å²) in [4.78, 5) is 15.5. The number of benzene rings is 3. The van der Waals surface area contributed by atoms with Gasteiger partial charge in [0.15, 0.2) is 0 Å². The van der Waals surface area contributed by atoms with Crippen LogP contribution in [0.3, 0.4) is 0 Å². The largest absolute Gasteiger partial charge is 0.457 e. The molecule has 0 saturated carbocycles. The predicted octanol–water partition coefficient (Wildman–Crippen LogP) is 5.42. The van der Waals surface area contributed by atoms with Gasteiger partial charge in [0.05, 0.1) is 24.9 Å². The molecule has 32 heavy (non-hydrogen) atoms. The number of hydrogen-bond donors (Lipinski definition) is 1. The van der Waals surface area contributed by atoms with Crippen LogP contribution in [-0.2, 0) is 4.74 Å². The highest BCUT2D eigenvalue weighted by Crippen LogP contribution is 2.40. The topological polar surface area (TPSA) is 54.7 Å². The lowest BCUT2D eigenvalue weighted by Crippen LogP contribution is -2.39. The number of para-hydroxylation sites is 1. The molecule has 5 heteroatoms. The lowest BCUT2D eigenvalue weighted by atomic mass is 10.00. The number of ether oxygens (including phenoxy) is 1. The minimum absolute atomic E-state index is 0.124. The Hall–Kier alpha value is -3.41. The number of anilines is 1. The van der Waals surface area contributed by atoms with Crippen LogP contribution in [0.2, 0.25) is 0 Å². The first-order valence-corrected chi connectivity index (χ1v) is 11.0. The van der Waals surface area contributed by atoms with Crippen LogP contribution in [0.1, 0.15) is 33.3 Å². The van der Waals surface area contributed by atoms with E-state index in [1.54, 1.807) is 0 Å². The lowest BCUT2D eigenvalue weighted by molar-refractivity contribution is 0.0206. The van der Waals surface area contributed by atoms with Crippen molar-refractivity contribution < 1.29 is 13.9 Å². The molecule has 0 spiro atoms. The summed E-state index contributed by atoms with van der Waals surface area (Å²) in [5, 5.41) is 4.07. The van der Waals surface area contributed by atoms with Gasteiger partial charge in [-0.15, -0.1) is 0 Å². The minimum Gasteiger partial charge on any atom is -0.457 e. The number of morpholine rings is 1. The van der Waals surface area contributed by atoms with E-state index in [0.29, 0.717) is 18.8 Å². The van der Waals surface area contributed by atoms with Crippen molar-refractivity contribution in [2.45, 2.75) is 13.0 Å². The second-order valence-corrected chi connectivity index (χ2v) is 8.12. The van der Waals surface area contributed by atoms with Crippen LogP contribution in [0.5, 0.6) is 0 Å². The van der Waals surface area contributed by atoms with E-state index in [1.165, 1.54) is 0 Å². The van der Waals surface area contributed by atoms with Gasteiger partial charge in [-0.25, -0.2) is 0 Å². The Morgan fingerprint density at radius 1 is 0.906 bits per heavy atom. The Morgan fingerprint density at radius 3 is 2.34 bits per heavy atom. The number of nitrogens with zero attached hydrogens (tertiary/aromatic N) is 1. The molecule has 5 nitrogen and oxygen atoms in total. The molecule has 3 aromatic carbocycles. The number of rotatable bonds is 5. The van der Waals surface area contributed by atoms with Crippen molar-refractivity contribution in [2.24, 2.45) is 0 Å². The van der Waals surface area contributed by atoms with Gasteiger partial charge < -0.3 is 14.5 Å². The van der Waals surface area contributed by atoms with E-state index in [1.807, 2.05) is 73.7 Å². The number of nitrogens with one attached hydrogen (secondary N) is 1. The number of aryl methyl sites for hydroxylation is 1. The number of hydrogen-bond acceptors (Lipinski definition) is 4. The Balaban J connectivity index is 1.61. The summed E-state index contributed by atoms with van der Waals surface area (Å²) in [5.41, 5.74) is 4.35. The fraction of sp³-hybridized carbons (Fsp3) is 0.222. The maximum absolute atomic E-state index is 13.2. The molecule has 1 amide bonds. The summed E-state index contributed by atoms with van der Waals surface area (Å²) in [7, 11) is 0. The van der Waals surface area contributed by atoms with Crippen molar-refractivity contribution >= 4 is 22.6 Å². The average Bonchev–Trinajstić information content (AvgIpc) is 3.19. The fourth-order valence-corrected chi connectivity index (χ4v) is 4.28. The number of fused-ring (bicyclic) bond motifs is 1. The first-order valence-electron chi connectivity index (χ1n) is 11.0. The molecule has 0 bridgehead atoms. The zero-order chi connectivity index (χ0) is 21.9. The molecule has 0 aliphatic carbocycles. The molecule has 1 N–H and O–H groups in total. The van der Waals surface area contributed by atoms with Crippen molar-refractivity contribution in [3.63, 3.8) is 0 Å². The molecule has 1 aromatic heterocycles. The van der Waals surface area contributed by atoms with E-state index < -0.39 is 0 Å². The van der Waals surface area contributed by atoms with Crippen LogP contribution in [0.4, 0.5) is 5.69 Å². The highest BCUT2D eigenvalue weighted by atomic mass is 16.5. The molecule has 1 fully saturated rings. The fourth-order valence-electron chi connectivity index (χ4n) is 4.28. The molecule has 2 heterocycles. The highest BCUT2D eigenvalue weighted by Gasteiger charge is 2.31. The van der Waals surface area contributed by atoms with Crippen LogP contribution < -0.4 is 5.32 Å². The van der Waals surface area contributed by atoms with Crippen molar-refractivity contribution in [3.05, 3.63) is 101 Å². The summed E-state index contributed by atoms with van der Waals surface area (Å²) in [5.74, 6) is 0.603. The quantitative estimate of drug-likeness (QED) is 0.463. The molecule has 4 aromatic rings. The lowest BCUT2D eigenvalue weighted by Gasteiger charge is -2.34. The Bertz CT molecular complexity index is 1210. The number of carbonyl (C=O) groups excluding carboxylic acids is 1. The standard InChI is InChI=1S/C27H26N2O3/c1-19-11-13-21(14-12-19)27(30)28-24-22-9-5-6-10-23(22)32-26(24)25(20-7-3-2-4-8-20)29-15-17-31-18-16-29/h2-14,25H,15-18H2,1H3,(H,28,30)/t25-/m1/s1. The smallest absolute Gasteiger partial charge is 0.255 e. The normalized spacial score (nSPS) is 15.5. The molecule has 0 radical (unpaired) electrons. The number of amides is 1. The van der Waals surface area contributed by atoms with E-state index in [0.717, 1.165) is 46.6 Å². The molecule has 162 valence electrons. The summed E-state index contributed by atoms with van der Waals surface area (Å²) in [6.07, 6.45) is 0. The molecule has 1 aliphatic heterocycles. The Morgan fingerprint density at radius 2 is 1.59 bits per heavy atom. The van der Waals surface area contributed by atoms with Gasteiger partial charge >= 0.3 is 0 Å². The van der Waals surface area contributed by atoms with Gasteiger partial charge in [-0.2, -0.15) is 0 Å². The predicted molar refractivity (Wildman–Crippen MR) is 126 cm³/mol. The van der Waals surface area contributed by atoms with E-state index in [4.69, 9.17) is 9.15 Å². The third-order valence-corrected chi connectivity index (χ3v) is 5.95. The summed E-state index contributed by atoms with van der Waals surface area (Å²) in [6.45, 7) is 4.95. The van der Waals surface area contributed by atoms with Gasteiger partial charge in [0.25, 0.3) is 5.91 Å². The van der Waals surface area contributed by atoms with Gasteiger partial charge in [0.1, 0.15) is 11.3 Å². The van der Waals surface area contributed by atoms with E-state index in [-0.39, 0.29) is 11.9 Å². The maximum Gasteiger partial charge on any atom is 0.255 e. The number of carbonyl (C=O) groups is 1. The Kier molecular flexibility index (Phi) is 5.75. The molecule has 0 unspecified atom stereocenters. The summed E-state index contributed by atoms with van der Waals surface area (Å²) < 4.78 is 12.0. The third kappa shape index (κ3) is 4.05. The van der Waals surface area contributed by atoms with Gasteiger partial charge in [0.2, 0.25) is 0 Å². The van der Waals surface area contributed by atoms with Crippen LogP contribution in [0.15, 0.2) is 83.3 Å². The van der Waals surface area contributed by atoms with E-state index in [9.17, 15) is 4.79 Å². The van der Waals surface area contributed by atoms with Crippen molar-refractivity contribution in [2.75, 3.05) is 31.6 Å². The van der Waals surface area contributed by atoms with Crippen LogP contribution in [0, 0.1) is 6.92 Å². The van der Waals surface area contributed by atoms with Gasteiger partial charge in [-0.1, -0.05) is 60.2 Å². The molecule has 5 rings (SSSR count). The Labute approximate surface area is 187 Å². The van der Waals surface area contributed by atoms with Gasteiger partial charge in [0, 0.05) is 24.0 Å². The average molecular weight is 427 g/mol. The first-order chi connectivity index (χ1) is 15.7. The van der Waals surface area contributed by atoms with Crippen LogP contribution in [-0.4, -0.2) is 37.1 Å². The molecule has 1 saturated heterocycles. The zero-order valence-corrected chi connectivity index (χ0v) is 18.1. The monoisotopic (exact) mass is 426 g/mol. The van der Waals surface area contributed by atoms with Crippen LogP contribution in [0.25, 0.3) is 11.0 Å². The second-order valence-electron chi connectivity index (χ2n) is 8.12. The minimum atomic E-state index is -0.147. The molecular weight excluding hydrogens is 400 g/mol. The van der Waals surface area contributed by atoms with Gasteiger partial charge in [-0.05, 0) is 36.8 Å². The highest BCUT2D eigenvalue weighted by molar-refractivity contribution is 6.09. The SMILES string of the molecule is Cc1ccc(C(=O)Nc2c([C@@H](c3ccccc3)N3CCOCC3)oc3ccccc23)cc1. The first kappa shape index (κ1) is 20.5. The summed E-state index contributed by atoms with van der Waals surface area (Å²) >= 11 is 0. The second kappa shape index (κ2) is 8.99.